The van der Waals surface area contributed by atoms with Crippen LogP contribution in [0.3, 0.4) is 0 Å². The van der Waals surface area contributed by atoms with Crippen LogP contribution in [0.15, 0.2) is 65.1 Å². The molecule has 5 nitrogen and oxygen atoms in total. The summed E-state index contributed by atoms with van der Waals surface area (Å²) in [6.07, 6.45) is 3.69. The van der Waals surface area contributed by atoms with Crippen LogP contribution in [0.25, 0.3) is 17.1 Å². The molecule has 2 heterocycles. The fraction of sp³-hybridized carbons (Fsp3) is 0.0500. The number of hydrogen-bond donors (Lipinski definition) is 2. The first-order valence-electron chi connectivity index (χ1n) is 8.32. The van der Waals surface area contributed by atoms with Crippen LogP contribution in [0, 0.1) is 12.7 Å². The van der Waals surface area contributed by atoms with Gasteiger partial charge in [-0.3, -0.25) is 5.43 Å². The Kier molecular flexibility index (Phi) is 4.76. The lowest BCUT2D eigenvalue weighted by Gasteiger charge is -1.99. The molecule has 0 aliphatic rings. The van der Waals surface area contributed by atoms with Crippen molar-refractivity contribution >= 4 is 39.3 Å². The van der Waals surface area contributed by atoms with E-state index in [1.807, 2.05) is 48.7 Å². The average molecular weight is 377 g/mol. The van der Waals surface area contributed by atoms with Crippen LogP contribution in [-0.2, 0) is 0 Å². The Balaban J connectivity index is 1.68. The molecule has 7 heteroatoms. The monoisotopic (exact) mass is 377 g/mol. The molecule has 134 valence electrons. The molecule has 2 aromatic carbocycles. The highest BCUT2D eigenvalue weighted by Crippen LogP contribution is 2.16. The van der Waals surface area contributed by atoms with Crippen molar-refractivity contribution in [2.75, 3.05) is 5.43 Å². The van der Waals surface area contributed by atoms with Crippen molar-refractivity contribution in [1.29, 1.82) is 0 Å². The van der Waals surface area contributed by atoms with Gasteiger partial charge in [-0.05, 0) is 42.8 Å². The number of H-pyrrole nitrogens is 1. The number of imidazole rings is 1. The average Bonchev–Trinajstić information content (AvgIpc) is 3.29. The first-order valence-corrected chi connectivity index (χ1v) is 9.20. The number of anilines is 1. The van der Waals surface area contributed by atoms with Crippen molar-refractivity contribution < 1.29 is 4.39 Å². The van der Waals surface area contributed by atoms with Crippen molar-refractivity contribution in [2.24, 2.45) is 5.10 Å². The number of nitrogens with zero attached hydrogens (tertiary/aromatic N) is 3. The number of allylic oxidation sites excluding steroid dienone is 1. The number of para-hydroxylation sites is 2. The van der Waals surface area contributed by atoms with Crippen LogP contribution in [0.4, 0.5) is 9.52 Å². The minimum Gasteiger partial charge on any atom is -0.337 e. The predicted molar refractivity (Wildman–Crippen MR) is 109 cm³/mol. The van der Waals surface area contributed by atoms with E-state index in [2.05, 4.69) is 25.5 Å². The van der Waals surface area contributed by atoms with Gasteiger partial charge in [0.2, 0.25) is 5.13 Å². The molecule has 0 aliphatic heterocycles. The number of nitrogens with one attached hydrogen (secondary N) is 2. The van der Waals surface area contributed by atoms with Gasteiger partial charge < -0.3 is 4.98 Å². The number of hydrazone groups is 1. The highest BCUT2D eigenvalue weighted by atomic mass is 32.1. The van der Waals surface area contributed by atoms with Crippen LogP contribution in [0.1, 0.15) is 17.1 Å². The van der Waals surface area contributed by atoms with Crippen molar-refractivity contribution in [1.82, 2.24) is 15.0 Å². The van der Waals surface area contributed by atoms with Gasteiger partial charge in [0.15, 0.2) is 5.82 Å². The van der Waals surface area contributed by atoms with Crippen LogP contribution < -0.4 is 5.43 Å². The summed E-state index contributed by atoms with van der Waals surface area (Å²) >= 11 is 1.48. The Bertz CT molecular complexity index is 1090. The molecule has 4 rings (SSSR count). The number of thiazole rings is 1. The number of benzene rings is 2. The van der Waals surface area contributed by atoms with Gasteiger partial charge in [0.25, 0.3) is 0 Å². The van der Waals surface area contributed by atoms with Gasteiger partial charge in [0.1, 0.15) is 11.5 Å². The first-order chi connectivity index (χ1) is 13.2. The van der Waals surface area contributed by atoms with Crippen LogP contribution in [-0.4, -0.2) is 20.7 Å². The van der Waals surface area contributed by atoms with E-state index in [-0.39, 0.29) is 5.82 Å². The molecule has 0 unspecified atom stereocenters. The molecule has 0 amide bonds. The van der Waals surface area contributed by atoms with E-state index in [4.69, 9.17) is 0 Å². The summed E-state index contributed by atoms with van der Waals surface area (Å²) in [5.41, 5.74) is 7.19. The van der Waals surface area contributed by atoms with Gasteiger partial charge in [0.05, 0.1) is 16.7 Å². The molecule has 0 aliphatic carbocycles. The smallest absolute Gasteiger partial charge is 0.203 e. The SMILES string of the molecule is Cc1csc(N/N=C(/C=C/c2ccc(F)cc2)c2nc3ccccc3[nH]2)n1. The van der Waals surface area contributed by atoms with Crippen molar-refractivity contribution in [3.05, 3.63) is 82.9 Å². The van der Waals surface area contributed by atoms with E-state index in [0.717, 1.165) is 22.3 Å². The summed E-state index contributed by atoms with van der Waals surface area (Å²) < 4.78 is 13.1. The molecular weight excluding hydrogens is 361 g/mol. The Labute approximate surface area is 159 Å². The highest BCUT2D eigenvalue weighted by molar-refractivity contribution is 7.13. The summed E-state index contributed by atoms with van der Waals surface area (Å²) in [6, 6.07) is 14.1. The zero-order valence-corrected chi connectivity index (χ0v) is 15.3. The van der Waals surface area contributed by atoms with E-state index in [9.17, 15) is 4.39 Å². The van der Waals surface area contributed by atoms with Crippen molar-refractivity contribution in [2.45, 2.75) is 6.92 Å². The maximum Gasteiger partial charge on any atom is 0.203 e. The predicted octanol–water partition coefficient (Wildman–Crippen LogP) is 5.00. The molecule has 2 N–H and O–H groups in total. The molecule has 0 saturated carbocycles. The molecule has 0 fully saturated rings. The van der Waals surface area contributed by atoms with E-state index in [1.54, 1.807) is 12.1 Å². The zero-order chi connectivity index (χ0) is 18.6. The molecule has 27 heavy (non-hydrogen) atoms. The van der Waals surface area contributed by atoms with Gasteiger partial charge in [-0.1, -0.05) is 30.3 Å². The lowest BCUT2D eigenvalue weighted by molar-refractivity contribution is 0.628. The number of aromatic amines is 1. The number of aromatic nitrogens is 3. The largest absolute Gasteiger partial charge is 0.337 e. The van der Waals surface area contributed by atoms with Crippen molar-refractivity contribution in [3.8, 4) is 0 Å². The zero-order valence-electron chi connectivity index (χ0n) is 14.5. The van der Waals surface area contributed by atoms with Gasteiger partial charge in [-0.2, -0.15) is 5.10 Å². The Morgan fingerprint density at radius 2 is 1.96 bits per heavy atom. The summed E-state index contributed by atoms with van der Waals surface area (Å²) in [4.78, 5) is 12.2. The second-order valence-electron chi connectivity index (χ2n) is 5.89. The minimum atomic E-state index is -0.265. The van der Waals surface area contributed by atoms with Gasteiger partial charge >= 0.3 is 0 Å². The van der Waals surface area contributed by atoms with E-state index in [1.165, 1.54) is 23.5 Å². The topological polar surface area (TPSA) is 66.0 Å². The Morgan fingerprint density at radius 1 is 1.15 bits per heavy atom. The summed E-state index contributed by atoms with van der Waals surface area (Å²) in [7, 11) is 0. The lowest BCUT2D eigenvalue weighted by atomic mass is 10.2. The normalized spacial score (nSPS) is 12.1. The highest BCUT2D eigenvalue weighted by Gasteiger charge is 2.08. The second-order valence-corrected chi connectivity index (χ2v) is 6.75. The quantitative estimate of drug-likeness (QED) is 0.380. The standard InChI is InChI=1S/C20H16FN5S/c1-13-12-27-20(22-13)26-25-18(11-8-14-6-9-15(21)10-7-14)19-23-16-4-2-3-5-17(16)24-19/h2-12H,1H3,(H,22,26)(H,23,24)/b11-8+,25-18-. The van der Waals surface area contributed by atoms with Gasteiger partial charge in [-0.25, -0.2) is 14.4 Å². The molecular formula is C20H16FN5S. The maximum absolute atomic E-state index is 13.1. The first kappa shape index (κ1) is 17.1. The summed E-state index contributed by atoms with van der Waals surface area (Å²) in [5, 5.41) is 7.12. The third kappa shape index (κ3) is 4.09. The second kappa shape index (κ2) is 7.51. The molecule has 0 atom stereocenters. The Morgan fingerprint density at radius 3 is 2.70 bits per heavy atom. The lowest BCUT2D eigenvalue weighted by Crippen LogP contribution is -2.03. The van der Waals surface area contributed by atoms with E-state index < -0.39 is 0 Å². The van der Waals surface area contributed by atoms with Crippen molar-refractivity contribution in [3.63, 3.8) is 0 Å². The van der Waals surface area contributed by atoms with Crippen LogP contribution >= 0.6 is 11.3 Å². The molecule has 0 bridgehead atoms. The number of rotatable bonds is 5. The molecule has 0 radical (unpaired) electrons. The third-order valence-electron chi connectivity index (χ3n) is 3.83. The van der Waals surface area contributed by atoms with E-state index in [0.29, 0.717) is 16.7 Å². The number of hydrogen-bond acceptors (Lipinski definition) is 5. The Hall–Kier alpha value is -3.32. The fourth-order valence-electron chi connectivity index (χ4n) is 2.51. The maximum atomic E-state index is 13.1. The van der Waals surface area contributed by atoms with Gasteiger partial charge in [-0.15, -0.1) is 11.3 Å². The number of fused-ring (bicyclic) bond motifs is 1. The van der Waals surface area contributed by atoms with Gasteiger partial charge in [0, 0.05) is 5.38 Å². The number of aryl methyl sites for hydroxylation is 1. The summed E-state index contributed by atoms with van der Waals surface area (Å²) in [5.74, 6) is 0.370. The van der Waals surface area contributed by atoms with Crippen LogP contribution in [0.5, 0.6) is 0 Å². The molecule has 0 spiro atoms. The van der Waals surface area contributed by atoms with E-state index >= 15 is 0 Å². The molecule has 4 aromatic rings. The molecule has 0 saturated heterocycles. The number of halogens is 1. The van der Waals surface area contributed by atoms with Crippen LogP contribution in [0.2, 0.25) is 0 Å². The fourth-order valence-corrected chi connectivity index (χ4v) is 3.14. The minimum absolute atomic E-state index is 0.265. The molecule has 2 aromatic heterocycles. The summed E-state index contributed by atoms with van der Waals surface area (Å²) in [6.45, 7) is 1.93. The third-order valence-corrected chi connectivity index (χ3v) is 4.69.